The van der Waals surface area contributed by atoms with Crippen molar-refractivity contribution in [2.24, 2.45) is 39.4 Å². The number of carbonyl (C=O) groups excluding carboxylic acids is 6. The van der Waals surface area contributed by atoms with Crippen molar-refractivity contribution in [3.63, 3.8) is 0 Å². The summed E-state index contributed by atoms with van der Waals surface area (Å²) in [6, 6.07) is -5.40. The Balaban J connectivity index is 5.72. The van der Waals surface area contributed by atoms with E-state index < -0.39 is 65.6 Å². The molecule has 0 heterocycles. The molecule has 0 fully saturated rings. The van der Waals surface area contributed by atoms with Crippen LogP contribution in [-0.2, 0) is 33.6 Å². The van der Waals surface area contributed by atoms with Crippen LogP contribution in [0.1, 0.15) is 51.4 Å². The van der Waals surface area contributed by atoms with E-state index >= 15 is 0 Å². The molecule has 0 aromatic rings. The Morgan fingerprint density at radius 1 is 0.615 bits per heavy atom. The van der Waals surface area contributed by atoms with Crippen molar-refractivity contribution in [3.8, 4) is 0 Å². The van der Waals surface area contributed by atoms with E-state index in [9.17, 15) is 38.7 Å². The molecule has 4 unspecified atom stereocenters. The SMILES string of the molecule is NC(=O)CCC(N)C(=O)NC(CCC(N)=O)C(=O)NC(CCCN=C(N)N)C(=O)NC(CCC(N)=O)C(=O)O. The molecule has 0 radical (unpaired) electrons. The van der Waals surface area contributed by atoms with Gasteiger partial charge in [0.05, 0.1) is 6.04 Å². The maximum absolute atomic E-state index is 13.1. The highest BCUT2D eigenvalue weighted by Gasteiger charge is 2.30. The molecule has 16 N–H and O–H groups in total. The van der Waals surface area contributed by atoms with Gasteiger partial charge in [0, 0.05) is 25.8 Å². The molecule has 39 heavy (non-hydrogen) atoms. The molecule has 0 rings (SSSR count). The topological polar surface area (TPSA) is 344 Å². The molecule has 4 atom stereocenters. The smallest absolute Gasteiger partial charge is 0.326 e. The number of carboxylic acids is 1. The highest BCUT2D eigenvalue weighted by Crippen LogP contribution is 2.06. The number of nitrogens with zero attached hydrogens (tertiary/aromatic N) is 1. The van der Waals surface area contributed by atoms with Gasteiger partial charge in [0.2, 0.25) is 35.4 Å². The number of hydrogen-bond acceptors (Lipinski definition) is 9. The predicted octanol–water partition coefficient (Wildman–Crippen LogP) is -5.30. The van der Waals surface area contributed by atoms with Gasteiger partial charge in [0.15, 0.2) is 5.96 Å². The maximum Gasteiger partial charge on any atom is 0.326 e. The van der Waals surface area contributed by atoms with Crippen LogP contribution < -0.4 is 50.4 Å². The van der Waals surface area contributed by atoms with Crippen molar-refractivity contribution >= 4 is 47.4 Å². The minimum absolute atomic E-state index is 0.0644. The first-order valence-electron chi connectivity index (χ1n) is 11.9. The number of rotatable bonds is 20. The second kappa shape index (κ2) is 17.9. The number of nitrogens with one attached hydrogen (secondary N) is 3. The minimum atomic E-state index is -1.49. The van der Waals surface area contributed by atoms with Gasteiger partial charge in [0.1, 0.15) is 18.1 Å². The molecule has 0 saturated heterocycles. The molecule has 0 spiro atoms. The monoisotopic (exact) mass is 558 g/mol. The normalized spacial score (nSPS) is 13.6. The van der Waals surface area contributed by atoms with Gasteiger partial charge < -0.3 is 55.5 Å². The van der Waals surface area contributed by atoms with E-state index in [1.165, 1.54) is 0 Å². The molecule has 220 valence electrons. The van der Waals surface area contributed by atoms with Crippen LogP contribution in [0.5, 0.6) is 0 Å². The standard InChI is InChI=1S/C21H38N10O8/c22-10(3-6-14(23)32)17(35)29-12(4-7-15(24)33)19(37)30-11(2-1-9-28-21(26)27)18(36)31-13(20(38)39)5-8-16(25)34/h10-13H,1-9,22H2,(H2,23,32)(H2,24,33)(H2,25,34)(H,29,35)(H,30,37)(H,31,36)(H,38,39)(H4,26,27,28). The number of aliphatic carboxylic acids is 1. The summed E-state index contributed by atoms with van der Waals surface area (Å²) in [5.41, 5.74) is 31.5. The van der Waals surface area contributed by atoms with Crippen LogP contribution in [0, 0.1) is 0 Å². The zero-order valence-corrected chi connectivity index (χ0v) is 21.4. The zero-order chi connectivity index (χ0) is 30.1. The van der Waals surface area contributed by atoms with Gasteiger partial charge in [-0.2, -0.15) is 0 Å². The van der Waals surface area contributed by atoms with Gasteiger partial charge >= 0.3 is 5.97 Å². The molecular formula is C21H38N10O8. The van der Waals surface area contributed by atoms with Crippen LogP contribution in [0.15, 0.2) is 4.99 Å². The molecule has 18 nitrogen and oxygen atoms in total. The fraction of sp³-hybridized carbons (Fsp3) is 0.619. The summed E-state index contributed by atoms with van der Waals surface area (Å²) in [5, 5.41) is 16.4. The number of amides is 6. The zero-order valence-electron chi connectivity index (χ0n) is 21.4. The lowest BCUT2D eigenvalue weighted by atomic mass is 10.0. The van der Waals surface area contributed by atoms with E-state index in [-0.39, 0.29) is 63.9 Å². The van der Waals surface area contributed by atoms with E-state index in [0.29, 0.717) is 0 Å². The lowest BCUT2D eigenvalue weighted by molar-refractivity contribution is -0.142. The van der Waals surface area contributed by atoms with Crippen LogP contribution >= 0.6 is 0 Å². The quantitative estimate of drug-likeness (QED) is 0.0382. The third-order valence-electron chi connectivity index (χ3n) is 5.22. The van der Waals surface area contributed by atoms with Crippen molar-refractivity contribution in [2.45, 2.75) is 75.5 Å². The maximum atomic E-state index is 13.1. The van der Waals surface area contributed by atoms with E-state index in [1.54, 1.807) is 0 Å². The summed E-state index contributed by atoms with van der Waals surface area (Å²) in [6.07, 6.45) is -1.38. The summed E-state index contributed by atoms with van der Waals surface area (Å²) in [5.74, 6) is -6.53. The van der Waals surface area contributed by atoms with E-state index in [4.69, 9.17) is 34.4 Å². The summed E-state index contributed by atoms with van der Waals surface area (Å²) in [7, 11) is 0. The first kappa shape index (κ1) is 34.5. The first-order valence-corrected chi connectivity index (χ1v) is 11.9. The highest BCUT2D eigenvalue weighted by molar-refractivity contribution is 5.94. The van der Waals surface area contributed by atoms with Crippen LogP contribution in [0.25, 0.3) is 0 Å². The van der Waals surface area contributed by atoms with Crippen molar-refractivity contribution in [2.75, 3.05) is 6.54 Å². The fourth-order valence-corrected chi connectivity index (χ4v) is 3.12. The summed E-state index contributed by atoms with van der Waals surface area (Å²) in [6.45, 7) is 0.0720. The Morgan fingerprint density at radius 2 is 1.03 bits per heavy atom. The Labute approximate surface area is 224 Å². The molecular weight excluding hydrogens is 520 g/mol. The number of hydrogen-bond donors (Lipinski definition) is 10. The molecule has 6 amide bonds. The Morgan fingerprint density at radius 3 is 1.49 bits per heavy atom. The van der Waals surface area contributed by atoms with E-state index in [0.717, 1.165) is 0 Å². The van der Waals surface area contributed by atoms with Gasteiger partial charge in [0.25, 0.3) is 0 Å². The second-order valence-electron chi connectivity index (χ2n) is 8.59. The summed E-state index contributed by atoms with van der Waals surface area (Å²) >= 11 is 0. The van der Waals surface area contributed by atoms with Gasteiger partial charge in [-0.3, -0.25) is 33.8 Å². The molecule has 18 heteroatoms. The van der Waals surface area contributed by atoms with Crippen molar-refractivity contribution in [3.05, 3.63) is 0 Å². The number of carboxylic acid groups (broad SMARTS) is 1. The molecule has 0 aromatic carbocycles. The number of primary amides is 3. The Hall–Kier alpha value is -4.48. The molecule has 0 aliphatic rings. The lowest BCUT2D eigenvalue weighted by Crippen LogP contribution is -2.57. The van der Waals surface area contributed by atoms with Gasteiger partial charge in [-0.25, -0.2) is 4.79 Å². The number of guanidine groups is 1. The average molecular weight is 559 g/mol. The van der Waals surface area contributed by atoms with Crippen LogP contribution in [0.3, 0.4) is 0 Å². The first-order chi connectivity index (χ1) is 18.1. The molecule has 0 saturated carbocycles. The third-order valence-corrected chi connectivity index (χ3v) is 5.22. The van der Waals surface area contributed by atoms with Crippen LogP contribution in [0.4, 0.5) is 0 Å². The Bertz CT molecular complexity index is 938. The van der Waals surface area contributed by atoms with Crippen molar-refractivity contribution < 1.29 is 38.7 Å². The van der Waals surface area contributed by atoms with Gasteiger partial charge in [-0.1, -0.05) is 0 Å². The van der Waals surface area contributed by atoms with E-state index in [2.05, 4.69) is 20.9 Å². The van der Waals surface area contributed by atoms with Crippen LogP contribution in [-0.4, -0.2) is 83.2 Å². The van der Waals surface area contributed by atoms with Crippen molar-refractivity contribution in [1.29, 1.82) is 0 Å². The fourth-order valence-electron chi connectivity index (χ4n) is 3.12. The minimum Gasteiger partial charge on any atom is -0.480 e. The predicted molar refractivity (Wildman–Crippen MR) is 137 cm³/mol. The van der Waals surface area contributed by atoms with Crippen molar-refractivity contribution in [1.82, 2.24) is 16.0 Å². The third kappa shape index (κ3) is 16.1. The van der Waals surface area contributed by atoms with E-state index in [1.807, 2.05) is 0 Å². The highest BCUT2D eigenvalue weighted by atomic mass is 16.4. The molecule has 0 aliphatic heterocycles. The lowest BCUT2D eigenvalue weighted by Gasteiger charge is -2.25. The largest absolute Gasteiger partial charge is 0.480 e. The van der Waals surface area contributed by atoms with Gasteiger partial charge in [-0.05, 0) is 32.1 Å². The molecule has 0 bridgehead atoms. The Kier molecular flexibility index (Phi) is 15.8. The molecule has 0 aromatic heterocycles. The summed E-state index contributed by atoms with van der Waals surface area (Å²) < 4.78 is 0. The average Bonchev–Trinajstić information content (AvgIpc) is 2.83. The second-order valence-corrected chi connectivity index (χ2v) is 8.59. The molecule has 0 aliphatic carbocycles. The summed E-state index contributed by atoms with van der Waals surface area (Å²) in [4.78, 5) is 87.0. The van der Waals surface area contributed by atoms with Gasteiger partial charge in [-0.15, -0.1) is 0 Å². The number of aliphatic imine (C=N–C) groups is 1. The number of nitrogens with two attached hydrogens (primary N) is 6. The number of carbonyl (C=O) groups is 7. The van der Waals surface area contributed by atoms with Crippen LogP contribution in [0.2, 0.25) is 0 Å².